The molecule has 0 radical (unpaired) electrons. The molecule has 0 saturated carbocycles. The summed E-state index contributed by atoms with van der Waals surface area (Å²) in [6.07, 6.45) is 2.36. The number of hydrogen-bond acceptors (Lipinski definition) is 4. The first-order valence-electron chi connectivity index (χ1n) is 6.03. The summed E-state index contributed by atoms with van der Waals surface area (Å²) in [6.45, 7) is 0. The summed E-state index contributed by atoms with van der Waals surface area (Å²) in [7, 11) is 1.53. The van der Waals surface area contributed by atoms with Crippen LogP contribution in [-0.2, 0) is 0 Å². The van der Waals surface area contributed by atoms with Crippen LogP contribution in [-0.4, -0.2) is 18.9 Å². The van der Waals surface area contributed by atoms with Crippen LogP contribution in [0.15, 0.2) is 48.8 Å². The number of hydrogen-bond donors (Lipinski definition) is 2. The molecule has 0 aliphatic rings. The van der Waals surface area contributed by atoms with E-state index in [4.69, 9.17) is 4.74 Å². The number of nitrogens with one attached hydrogen (secondary N) is 2. The van der Waals surface area contributed by atoms with Gasteiger partial charge in [0.1, 0.15) is 11.3 Å². The maximum atomic E-state index is 11.8. The minimum absolute atomic E-state index is 0.141. The van der Waals surface area contributed by atoms with Gasteiger partial charge >= 0.3 is 0 Å². The van der Waals surface area contributed by atoms with E-state index >= 15 is 0 Å². The zero-order valence-electron chi connectivity index (χ0n) is 11.2. The van der Waals surface area contributed by atoms with Crippen LogP contribution in [0.4, 0.5) is 0 Å². The van der Waals surface area contributed by atoms with Crippen molar-refractivity contribution in [2.24, 2.45) is 0 Å². The summed E-state index contributed by atoms with van der Waals surface area (Å²) < 4.78 is 5.48. The zero-order chi connectivity index (χ0) is 15.2. The maximum absolute atomic E-state index is 11.8. The second-order valence-electron chi connectivity index (χ2n) is 4.09. The van der Waals surface area contributed by atoms with Crippen molar-refractivity contribution in [3.05, 3.63) is 65.1 Å². The summed E-state index contributed by atoms with van der Waals surface area (Å²) in [4.78, 5) is 23.5. The number of hydrazine groups is 1. The number of carbonyl (C=O) groups excluding carboxylic acids is 2. The molecule has 7 heteroatoms. The van der Waals surface area contributed by atoms with Gasteiger partial charge in [-0.3, -0.25) is 20.4 Å². The Balaban J connectivity index is 1.95. The molecule has 0 unspecified atom stereocenters. The molecule has 2 aromatic rings. The molecule has 2 rings (SSSR count). The van der Waals surface area contributed by atoms with Gasteiger partial charge in [-0.1, -0.05) is 0 Å². The van der Waals surface area contributed by atoms with E-state index < -0.39 is 11.8 Å². The highest BCUT2D eigenvalue weighted by molar-refractivity contribution is 5.98. The van der Waals surface area contributed by atoms with E-state index in [2.05, 4.69) is 10.9 Å². The SMILES string of the molecule is COc1ccc(C(=O)NNC(=O)c2ccc[n+]([O-])c2)cc1. The number of rotatable bonds is 3. The molecule has 0 aliphatic heterocycles. The van der Waals surface area contributed by atoms with Gasteiger partial charge in [-0.25, -0.2) is 0 Å². The molecule has 0 saturated heterocycles. The summed E-state index contributed by atoms with van der Waals surface area (Å²) in [5, 5.41) is 11.1. The lowest BCUT2D eigenvalue weighted by molar-refractivity contribution is -0.605. The Morgan fingerprint density at radius 2 is 1.67 bits per heavy atom. The fourth-order valence-corrected chi connectivity index (χ4v) is 1.59. The second kappa shape index (κ2) is 6.38. The second-order valence-corrected chi connectivity index (χ2v) is 4.09. The average Bonchev–Trinajstić information content (AvgIpc) is 2.52. The third kappa shape index (κ3) is 3.69. The van der Waals surface area contributed by atoms with Crippen LogP contribution in [0, 0.1) is 5.21 Å². The van der Waals surface area contributed by atoms with Crippen molar-refractivity contribution in [3.63, 3.8) is 0 Å². The number of pyridine rings is 1. The Morgan fingerprint density at radius 1 is 1.05 bits per heavy atom. The Labute approximate surface area is 120 Å². The smallest absolute Gasteiger partial charge is 0.275 e. The average molecular weight is 287 g/mol. The molecule has 2 N–H and O–H groups in total. The molecule has 7 nitrogen and oxygen atoms in total. The number of nitrogens with zero attached hydrogens (tertiary/aromatic N) is 1. The Hall–Kier alpha value is -3.09. The monoisotopic (exact) mass is 287 g/mol. The van der Waals surface area contributed by atoms with Crippen molar-refractivity contribution >= 4 is 11.8 Å². The van der Waals surface area contributed by atoms with Crippen LogP contribution >= 0.6 is 0 Å². The van der Waals surface area contributed by atoms with E-state index in [1.807, 2.05) is 0 Å². The zero-order valence-corrected chi connectivity index (χ0v) is 11.2. The Kier molecular flexibility index (Phi) is 4.35. The standard InChI is InChI=1S/C14H13N3O4/c1-21-12-6-4-10(5-7-12)13(18)15-16-14(19)11-3-2-8-17(20)9-11/h2-9H,1H3,(H,15,18)(H,16,19). The number of methoxy groups -OCH3 is 1. The van der Waals surface area contributed by atoms with Crippen molar-refractivity contribution in [3.8, 4) is 5.75 Å². The van der Waals surface area contributed by atoms with E-state index in [0.29, 0.717) is 16.0 Å². The maximum Gasteiger partial charge on any atom is 0.275 e. The third-order valence-electron chi connectivity index (χ3n) is 2.68. The molecule has 0 spiro atoms. The first-order valence-corrected chi connectivity index (χ1v) is 6.03. The minimum atomic E-state index is -0.581. The first kappa shape index (κ1) is 14.3. The normalized spacial score (nSPS) is 9.76. The van der Waals surface area contributed by atoms with Gasteiger partial charge in [-0.15, -0.1) is 0 Å². The van der Waals surface area contributed by atoms with Gasteiger partial charge in [0.25, 0.3) is 11.8 Å². The summed E-state index contributed by atoms with van der Waals surface area (Å²) in [6, 6.07) is 9.29. The Morgan fingerprint density at radius 3 is 2.24 bits per heavy atom. The highest BCUT2D eigenvalue weighted by atomic mass is 16.5. The van der Waals surface area contributed by atoms with Crippen molar-refractivity contribution < 1.29 is 19.1 Å². The molecule has 0 fully saturated rings. The third-order valence-corrected chi connectivity index (χ3v) is 2.68. The van der Waals surface area contributed by atoms with Crippen molar-refractivity contribution in [1.29, 1.82) is 0 Å². The number of ether oxygens (including phenoxy) is 1. The fourth-order valence-electron chi connectivity index (χ4n) is 1.59. The van der Waals surface area contributed by atoms with Gasteiger partial charge in [0.15, 0.2) is 12.4 Å². The van der Waals surface area contributed by atoms with Gasteiger partial charge in [0, 0.05) is 11.6 Å². The molecule has 1 aromatic carbocycles. The predicted molar refractivity (Wildman–Crippen MR) is 73.3 cm³/mol. The van der Waals surface area contributed by atoms with Gasteiger partial charge in [-0.05, 0) is 30.3 Å². The number of amides is 2. The lowest BCUT2D eigenvalue weighted by Gasteiger charge is -2.07. The predicted octanol–water partition coefficient (Wildman–Crippen LogP) is 0.403. The largest absolute Gasteiger partial charge is 0.619 e. The van der Waals surface area contributed by atoms with Crippen LogP contribution < -0.4 is 20.3 Å². The molecule has 0 bridgehead atoms. The molecule has 108 valence electrons. The molecule has 2 amide bonds. The van der Waals surface area contributed by atoms with Crippen LogP contribution in [0.1, 0.15) is 20.7 Å². The minimum Gasteiger partial charge on any atom is -0.619 e. The molecule has 0 atom stereocenters. The number of carbonyl (C=O) groups is 2. The first-order chi connectivity index (χ1) is 10.1. The summed E-state index contributed by atoms with van der Waals surface area (Å²) in [5.41, 5.74) is 5.00. The van der Waals surface area contributed by atoms with E-state index in [0.717, 1.165) is 6.20 Å². The molecular formula is C14H13N3O4. The van der Waals surface area contributed by atoms with Crippen LogP contribution in [0.25, 0.3) is 0 Å². The topological polar surface area (TPSA) is 94.4 Å². The number of aromatic nitrogens is 1. The molecule has 1 aromatic heterocycles. The van der Waals surface area contributed by atoms with Crippen LogP contribution in [0.2, 0.25) is 0 Å². The highest BCUT2D eigenvalue weighted by Crippen LogP contribution is 2.10. The summed E-state index contributed by atoms with van der Waals surface area (Å²) >= 11 is 0. The van der Waals surface area contributed by atoms with Crippen molar-refractivity contribution in [2.75, 3.05) is 7.11 Å². The molecule has 1 heterocycles. The fraction of sp³-hybridized carbons (Fsp3) is 0.0714. The van der Waals surface area contributed by atoms with E-state index in [1.54, 1.807) is 24.3 Å². The Bertz CT molecular complexity index is 656. The van der Waals surface area contributed by atoms with Crippen molar-refractivity contribution in [1.82, 2.24) is 10.9 Å². The lowest BCUT2D eigenvalue weighted by Crippen LogP contribution is -2.42. The van der Waals surface area contributed by atoms with Gasteiger partial charge < -0.3 is 9.94 Å². The van der Waals surface area contributed by atoms with Gasteiger partial charge in [0.2, 0.25) is 0 Å². The number of benzene rings is 1. The van der Waals surface area contributed by atoms with Crippen LogP contribution in [0.5, 0.6) is 5.75 Å². The highest BCUT2D eigenvalue weighted by Gasteiger charge is 2.11. The molecule has 21 heavy (non-hydrogen) atoms. The van der Waals surface area contributed by atoms with E-state index in [-0.39, 0.29) is 5.56 Å². The van der Waals surface area contributed by atoms with E-state index in [9.17, 15) is 14.8 Å². The summed E-state index contributed by atoms with van der Waals surface area (Å²) in [5.74, 6) is -0.432. The van der Waals surface area contributed by atoms with Crippen molar-refractivity contribution in [2.45, 2.75) is 0 Å². The molecular weight excluding hydrogens is 274 g/mol. The quantitative estimate of drug-likeness (QED) is 0.485. The molecule has 0 aliphatic carbocycles. The van der Waals surface area contributed by atoms with Gasteiger partial charge in [0.05, 0.1) is 7.11 Å². The lowest BCUT2D eigenvalue weighted by atomic mass is 10.2. The van der Waals surface area contributed by atoms with Crippen LogP contribution in [0.3, 0.4) is 0 Å². The van der Waals surface area contributed by atoms with Gasteiger partial charge in [-0.2, -0.15) is 4.73 Å². The van der Waals surface area contributed by atoms with E-state index in [1.165, 1.54) is 25.4 Å².